The lowest BCUT2D eigenvalue weighted by Gasteiger charge is -2.22. The summed E-state index contributed by atoms with van der Waals surface area (Å²) in [6.07, 6.45) is 1.91. The number of phenolic OH excluding ortho intramolecular Hbond substituents is 1. The molecule has 0 radical (unpaired) electrons. The summed E-state index contributed by atoms with van der Waals surface area (Å²) in [6, 6.07) is 4.62. The molecule has 1 aromatic carbocycles. The molecule has 0 aliphatic carbocycles. The van der Waals surface area contributed by atoms with Gasteiger partial charge in [-0.2, -0.15) is 0 Å². The highest BCUT2D eigenvalue weighted by Crippen LogP contribution is 2.24. The Morgan fingerprint density at radius 2 is 2.16 bits per heavy atom. The third kappa shape index (κ3) is 4.31. The van der Waals surface area contributed by atoms with Gasteiger partial charge in [-0.15, -0.1) is 11.6 Å². The molecule has 0 heterocycles. The zero-order valence-electron chi connectivity index (χ0n) is 11.4. The van der Waals surface area contributed by atoms with Crippen molar-refractivity contribution in [3.63, 3.8) is 0 Å². The molecule has 0 aromatic heterocycles. The van der Waals surface area contributed by atoms with Crippen molar-refractivity contribution in [3.05, 3.63) is 23.8 Å². The Morgan fingerprint density at radius 3 is 2.74 bits per heavy atom. The van der Waals surface area contributed by atoms with E-state index in [-0.39, 0.29) is 17.2 Å². The number of nitrogens with zero attached hydrogens (tertiary/aromatic N) is 1. The normalized spacial score (nSPS) is 10.3. The topological polar surface area (TPSA) is 49.8 Å². The minimum atomic E-state index is -0.217. The van der Waals surface area contributed by atoms with Gasteiger partial charge in [-0.05, 0) is 24.6 Å². The van der Waals surface area contributed by atoms with E-state index in [4.69, 9.17) is 16.3 Å². The Hall–Kier alpha value is -1.42. The van der Waals surface area contributed by atoms with E-state index in [1.807, 2.05) is 0 Å². The van der Waals surface area contributed by atoms with E-state index in [1.165, 1.54) is 13.2 Å². The quantitative estimate of drug-likeness (QED) is 0.784. The Balaban J connectivity index is 2.94. The number of methoxy groups -OCH3 is 1. The first kappa shape index (κ1) is 15.6. The van der Waals surface area contributed by atoms with Crippen LogP contribution in [0.15, 0.2) is 18.2 Å². The van der Waals surface area contributed by atoms with Gasteiger partial charge in [-0.1, -0.05) is 13.3 Å². The number of amides is 1. The average molecular weight is 286 g/mol. The maximum Gasteiger partial charge on any atom is 0.257 e. The first-order valence-electron chi connectivity index (χ1n) is 6.36. The number of hydrogen-bond donors (Lipinski definition) is 1. The molecule has 0 saturated carbocycles. The molecule has 0 atom stereocenters. The van der Waals surface area contributed by atoms with E-state index in [0.29, 0.717) is 24.7 Å². The summed E-state index contributed by atoms with van der Waals surface area (Å²) in [7, 11) is 1.52. The van der Waals surface area contributed by atoms with E-state index >= 15 is 0 Å². The number of rotatable bonds is 7. The van der Waals surface area contributed by atoms with Gasteiger partial charge >= 0.3 is 0 Å². The number of aromatic hydroxyl groups is 1. The molecular weight excluding hydrogens is 266 g/mol. The second-order valence-corrected chi connectivity index (χ2v) is 4.60. The fourth-order valence-corrected chi connectivity index (χ4v) is 1.95. The average Bonchev–Trinajstić information content (AvgIpc) is 2.43. The fraction of sp³-hybridized carbons (Fsp3) is 0.500. The van der Waals surface area contributed by atoms with E-state index in [1.54, 1.807) is 17.0 Å². The Bertz CT molecular complexity index is 423. The monoisotopic (exact) mass is 285 g/mol. The van der Waals surface area contributed by atoms with Gasteiger partial charge in [0.25, 0.3) is 5.91 Å². The van der Waals surface area contributed by atoms with Gasteiger partial charge < -0.3 is 14.7 Å². The van der Waals surface area contributed by atoms with Crippen molar-refractivity contribution in [1.29, 1.82) is 0 Å². The molecule has 1 rings (SSSR count). The number of phenols is 1. The molecule has 0 bridgehead atoms. The van der Waals surface area contributed by atoms with Gasteiger partial charge in [0, 0.05) is 19.0 Å². The standard InChI is InChI=1S/C14H20ClNO3/c1-3-4-8-16(9-7-15)14(18)12-10-11(19-2)5-6-13(12)17/h5-6,10,17H,3-4,7-9H2,1-2H3. The van der Waals surface area contributed by atoms with Crippen LogP contribution in [0, 0.1) is 0 Å². The summed E-state index contributed by atoms with van der Waals surface area (Å²) in [5.41, 5.74) is 0.251. The molecule has 106 valence electrons. The summed E-state index contributed by atoms with van der Waals surface area (Å²) in [6.45, 7) is 3.17. The molecule has 1 N–H and O–H groups in total. The SMILES string of the molecule is CCCCN(CCCl)C(=O)c1cc(OC)ccc1O. The molecule has 4 nitrogen and oxygen atoms in total. The van der Waals surface area contributed by atoms with Crippen molar-refractivity contribution in [2.45, 2.75) is 19.8 Å². The molecule has 1 amide bonds. The van der Waals surface area contributed by atoms with Gasteiger partial charge in [0.05, 0.1) is 12.7 Å². The lowest BCUT2D eigenvalue weighted by atomic mass is 10.1. The molecule has 0 unspecified atom stereocenters. The lowest BCUT2D eigenvalue weighted by molar-refractivity contribution is 0.0760. The zero-order chi connectivity index (χ0) is 14.3. The summed E-state index contributed by atoms with van der Waals surface area (Å²) in [5.74, 6) is 0.662. The highest BCUT2D eigenvalue weighted by molar-refractivity contribution is 6.18. The van der Waals surface area contributed by atoms with E-state index in [2.05, 4.69) is 6.92 Å². The van der Waals surface area contributed by atoms with Crippen LogP contribution in [0.25, 0.3) is 0 Å². The first-order chi connectivity index (χ1) is 9.13. The molecule has 0 aliphatic rings. The van der Waals surface area contributed by atoms with Crippen molar-refractivity contribution in [2.24, 2.45) is 0 Å². The minimum absolute atomic E-state index is 0.0399. The molecule has 0 saturated heterocycles. The van der Waals surface area contributed by atoms with Gasteiger partial charge in [-0.3, -0.25) is 4.79 Å². The van der Waals surface area contributed by atoms with Crippen molar-refractivity contribution in [3.8, 4) is 11.5 Å². The van der Waals surface area contributed by atoms with Crippen LogP contribution in [-0.2, 0) is 0 Å². The highest BCUT2D eigenvalue weighted by Gasteiger charge is 2.18. The third-order valence-electron chi connectivity index (χ3n) is 2.86. The van der Waals surface area contributed by atoms with Crippen LogP contribution < -0.4 is 4.74 Å². The van der Waals surface area contributed by atoms with Crippen LogP contribution in [0.5, 0.6) is 11.5 Å². The molecule has 19 heavy (non-hydrogen) atoms. The van der Waals surface area contributed by atoms with Gasteiger partial charge in [0.15, 0.2) is 0 Å². The largest absolute Gasteiger partial charge is 0.507 e. The Kier molecular flexibility index (Phi) is 6.50. The summed E-state index contributed by atoms with van der Waals surface area (Å²) >= 11 is 5.72. The number of benzene rings is 1. The van der Waals surface area contributed by atoms with Crippen molar-refractivity contribution in [2.75, 3.05) is 26.1 Å². The van der Waals surface area contributed by atoms with Gasteiger partial charge in [-0.25, -0.2) is 0 Å². The third-order valence-corrected chi connectivity index (χ3v) is 3.03. The van der Waals surface area contributed by atoms with E-state index < -0.39 is 0 Å². The number of unbranched alkanes of at least 4 members (excludes halogenated alkanes) is 1. The predicted octanol–water partition coefficient (Wildman–Crippen LogP) is 2.88. The van der Waals surface area contributed by atoms with Crippen molar-refractivity contribution < 1.29 is 14.6 Å². The van der Waals surface area contributed by atoms with Gasteiger partial charge in [0.1, 0.15) is 11.5 Å². The molecule has 0 aliphatic heterocycles. The Morgan fingerprint density at radius 1 is 1.42 bits per heavy atom. The second kappa shape index (κ2) is 7.89. The molecular formula is C14H20ClNO3. The summed E-state index contributed by atoms with van der Waals surface area (Å²) in [5, 5.41) is 9.81. The second-order valence-electron chi connectivity index (χ2n) is 4.22. The molecule has 0 spiro atoms. The van der Waals surface area contributed by atoms with Crippen LogP contribution in [0.2, 0.25) is 0 Å². The highest BCUT2D eigenvalue weighted by atomic mass is 35.5. The van der Waals surface area contributed by atoms with Gasteiger partial charge in [0.2, 0.25) is 0 Å². The van der Waals surface area contributed by atoms with Crippen LogP contribution >= 0.6 is 11.6 Å². The zero-order valence-corrected chi connectivity index (χ0v) is 12.1. The predicted molar refractivity (Wildman–Crippen MR) is 76.2 cm³/mol. The number of hydrogen-bond acceptors (Lipinski definition) is 3. The van der Waals surface area contributed by atoms with E-state index in [9.17, 15) is 9.90 Å². The maximum absolute atomic E-state index is 12.4. The van der Waals surface area contributed by atoms with Crippen LogP contribution in [0.1, 0.15) is 30.1 Å². The smallest absolute Gasteiger partial charge is 0.257 e. The first-order valence-corrected chi connectivity index (χ1v) is 6.89. The summed E-state index contributed by atoms with van der Waals surface area (Å²) < 4.78 is 5.07. The maximum atomic E-state index is 12.4. The fourth-order valence-electron chi connectivity index (χ4n) is 1.75. The number of ether oxygens (including phenoxy) is 1. The van der Waals surface area contributed by atoms with Crippen LogP contribution in [-0.4, -0.2) is 42.0 Å². The van der Waals surface area contributed by atoms with Crippen LogP contribution in [0.3, 0.4) is 0 Å². The lowest BCUT2D eigenvalue weighted by Crippen LogP contribution is -2.33. The molecule has 0 fully saturated rings. The summed E-state index contributed by atoms with van der Waals surface area (Å²) in [4.78, 5) is 14.0. The van der Waals surface area contributed by atoms with Crippen LogP contribution in [0.4, 0.5) is 0 Å². The number of alkyl halides is 1. The number of halogens is 1. The van der Waals surface area contributed by atoms with E-state index in [0.717, 1.165) is 12.8 Å². The number of carbonyl (C=O) groups is 1. The van der Waals surface area contributed by atoms with Crippen molar-refractivity contribution >= 4 is 17.5 Å². The molecule has 1 aromatic rings. The van der Waals surface area contributed by atoms with Crippen molar-refractivity contribution in [1.82, 2.24) is 4.90 Å². The molecule has 5 heteroatoms. The Labute approximate surface area is 118 Å². The minimum Gasteiger partial charge on any atom is -0.507 e. The number of carbonyl (C=O) groups excluding carboxylic acids is 1.